The lowest BCUT2D eigenvalue weighted by Gasteiger charge is -2.19. The first kappa shape index (κ1) is 27.6. The molecule has 1 amide bonds. The Balaban J connectivity index is 3.38. The van der Waals surface area contributed by atoms with E-state index in [4.69, 9.17) is 5.73 Å². The van der Waals surface area contributed by atoms with Crippen molar-refractivity contribution in [3.63, 3.8) is 0 Å². The summed E-state index contributed by atoms with van der Waals surface area (Å²) in [6.07, 6.45) is 22.3. The molecular weight excluding hydrogens is 354 g/mol. The van der Waals surface area contributed by atoms with Crippen LogP contribution in [0.3, 0.4) is 0 Å². The summed E-state index contributed by atoms with van der Waals surface area (Å²) in [5.74, 6) is 12.2. The first-order valence-electron chi connectivity index (χ1n) is 12.3. The predicted molar refractivity (Wildman–Crippen MR) is 127 cm³/mol. The third-order valence-electron chi connectivity index (χ3n) is 5.67. The lowest BCUT2D eigenvalue weighted by Crippen LogP contribution is -2.31. The van der Waals surface area contributed by atoms with Crippen molar-refractivity contribution in [1.82, 2.24) is 0 Å². The van der Waals surface area contributed by atoms with Crippen molar-refractivity contribution in [3.8, 4) is 23.7 Å². The topological polar surface area (TPSA) is 43.1 Å². The Morgan fingerprint density at radius 2 is 1.03 bits per heavy atom. The number of hydrogen-bond donors (Lipinski definition) is 1. The molecule has 0 unspecified atom stereocenters. The Morgan fingerprint density at radius 3 is 1.45 bits per heavy atom. The van der Waals surface area contributed by atoms with Crippen molar-refractivity contribution in [3.05, 3.63) is 0 Å². The zero-order chi connectivity index (χ0) is 21.6. The summed E-state index contributed by atoms with van der Waals surface area (Å²) in [4.78, 5) is 11.3. The Bertz CT molecular complexity index is 512. The number of rotatable bonds is 18. The van der Waals surface area contributed by atoms with Crippen molar-refractivity contribution in [1.29, 1.82) is 0 Å². The summed E-state index contributed by atoms with van der Waals surface area (Å²) >= 11 is 0. The third-order valence-corrected chi connectivity index (χ3v) is 5.67. The molecular formula is C27H47NO. The average Bonchev–Trinajstić information content (AvgIpc) is 2.69. The molecule has 2 nitrogen and oxygen atoms in total. The molecule has 2 heteroatoms. The molecule has 0 aromatic rings. The molecule has 0 atom stereocenters. The molecule has 2 N–H and O–H groups in total. The van der Waals surface area contributed by atoms with Gasteiger partial charge in [0.1, 0.15) is 0 Å². The highest BCUT2D eigenvalue weighted by Gasteiger charge is 2.23. The van der Waals surface area contributed by atoms with Gasteiger partial charge in [-0.1, -0.05) is 116 Å². The molecule has 0 radical (unpaired) electrons. The van der Waals surface area contributed by atoms with Crippen molar-refractivity contribution < 1.29 is 4.79 Å². The summed E-state index contributed by atoms with van der Waals surface area (Å²) < 4.78 is 0. The van der Waals surface area contributed by atoms with Crippen LogP contribution in [-0.4, -0.2) is 5.91 Å². The average molecular weight is 402 g/mol. The summed E-state index contributed by atoms with van der Waals surface area (Å²) in [7, 11) is 0. The first-order chi connectivity index (χ1) is 14.0. The molecule has 29 heavy (non-hydrogen) atoms. The molecule has 0 aromatic heterocycles. The largest absolute Gasteiger partial charge is 0.369 e. The van der Waals surface area contributed by atoms with Gasteiger partial charge in [-0.25, -0.2) is 0 Å². The fraction of sp³-hybridized carbons (Fsp3) is 0.815. The highest BCUT2D eigenvalue weighted by Crippen LogP contribution is 2.23. The standard InChI is InChI=1S/C27H47NO/c1-4-5-6-7-8-9-10-11-12-13-14-15-16-17-18-19-20-21-22-23-24-25-27(2,3)26(28)29/h4-14,19-25H2,1-3H3,(H2,28,29). The molecule has 0 aliphatic rings. The highest BCUT2D eigenvalue weighted by molar-refractivity contribution is 5.79. The lowest BCUT2D eigenvalue weighted by atomic mass is 9.86. The zero-order valence-corrected chi connectivity index (χ0v) is 19.7. The molecule has 0 rings (SSSR count). The van der Waals surface area contributed by atoms with Crippen LogP contribution in [0.15, 0.2) is 0 Å². The first-order valence-corrected chi connectivity index (χ1v) is 12.3. The van der Waals surface area contributed by atoms with Crippen LogP contribution in [0.5, 0.6) is 0 Å². The van der Waals surface area contributed by atoms with Gasteiger partial charge in [-0.15, -0.1) is 0 Å². The summed E-state index contributed by atoms with van der Waals surface area (Å²) in [5, 5.41) is 0. The molecule has 0 saturated heterocycles. The molecule has 0 fully saturated rings. The Kier molecular flexibility index (Phi) is 18.9. The van der Waals surface area contributed by atoms with Crippen LogP contribution >= 0.6 is 0 Å². The molecule has 0 aliphatic heterocycles. The van der Waals surface area contributed by atoms with Gasteiger partial charge in [0.05, 0.1) is 0 Å². The maximum absolute atomic E-state index is 11.3. The number of nitrogens with two attached hydrogens (primary N) is 1. The van der Waals surface area contributed by atoms with Crippen LogP contribution in [0, 0.1) is 29.1 Å². The molecule has 0 bridgehead atoms. The van der Waals surface area contributed by atoms with Gasteiger partial charge in [0.2, 0.25) is 5.91 Å². The van der Waals surface area contributed by atoms with Crippen molar-refractivity contribution >= 4 is 5.91 Å². The van der Waals surface area contributed by atoms with Crippen molar-refractivity contribution in [2.24, 2.45) is 11.1 Å². The van der Waals surface area contributed by atoms with Crippen LogP contribution in [0.4, 0.5) is 0 Å². The second-order valence-electron chi connectivity index (χ2n) is 9.05. The number of carbonyl (C=O) groups is 1. The molecule has 0 aromatic carbocycles. The fourth-order valence-electron chi connectivity index (χ4n) is 3.35. The number of primary amides is 1. The fourth-order valence-corrected chi connectivity index (χ4v) is 3.35. The monoisotopic (exact) mass is 401 g/mol. The Hall–Kier alpha value is -1.41. The number of amides is 1. The summed E-state index contributed by atoms with van der Waals surface area (Å²) in [5.41, 5.74) is 5.03. The molecule has 0 aliphatic carbocycles. The highest BCUT2D eigenvalue weighted by atomic mass is 16.1. The van der Waals surface area contributed by atoms with Crippen LogP contribution in [0.25, 0.3) is 0 Å². The summed E-state index contributed by atoms with van der Waals surface area (Å²) in [6, 6.07) is 0. The third kappa shape index (κ3) is 19.7. The van der Waals surface area contributed by atoms with Crippen molar-refractivity contribution in [2.75, 3.05) is 0 Å². The quantitative estimate of drug-likeness (QED) is 0.187. The number of hydrogen-bond acceptors (Lipinski definition) is 1. The van der Waals surface area contributed by atoms with Gasteiger partial charge >= 0.3 is 0 Å². The van der Waals surface area contributed by atoms with E-state index in [1.807, 2.05) is 13.8 Å². The molecule has 0 heterocycles. The van der Waals surface area contributed by atoms with Crippen LogP contribution < -0.4 is 5.73 Å². The normalized spacial score (nSPS) is 10.7. The van der Waals surface area contributed by atoms with E-state index in [1.165, 1.54) is 83.5 Å². The van der Waals surface area contributed by atoms with Gasteiger partial charge in [0, 0.05) is 18.3 Å². The van der Waals surface area contributed by atoms with Crippen molar-refractivity contribution in [2.45, 2.75) is 136 Å². The maximum atomic E-state index is 11.3. The lowest BCUT2D eigenvalue weighted by molar-refractivity contribution is -0.126. The minimum absolute atomic E-state index is 0.193. The van der Waals surface area contributed by atoms with Crippen LogP contribution in [-0.2, 0) is 4.79 Å². The molecule has 0 spiro atoms. The van der Waals surface area contributed by atoms with E-state index in [2.05, 4.69) is 30.6 Å². The smallest absolute Gasteiger partial charge is 0.223 e. The Morgan fingerprint density at radius 1 is 0.655 bits per heavy atom. The molecule has 166 valence electrons. The van der Waals surface area contributed by atoms with Gasteiger partial charge in [-0.2, -0.15) is 0 Å². The van der Waals surface area contributed by atoms with Gasteiger partial charge < -0.3 is 5.73 Å². The maximum Gasteiger partial charge on any atom is 0.223 e. The van der Waals surface area contributed by atoms with E-state index < -0.39 is 0 Å². The van der Waals surface area contributed by atoms with Crippen LogP contribution in [0.1, 0.15) is 136 Å². The van der Waals surface area contributed by atoms with Gasteiger partial charge in [-0.05, 0) is 31.1 Å². The second kappa shape index (κ2) is 19.9. The van der Waals surface area contributed by atoms with E-state index in [0.29, 0.717) is 0 Å². The van der Waals surface area contributed by atoms with Gasteiger partial charge in [0.25, 0.3) is 0 Å². The number of unbranched alkanes of at least 4 members (excludes halogenated alkanes) is 15. The minimum Gasteiger partial charge on any atom is -0.369 e. The SMILES string of the molecule is CCCCCCCCCCCCC#CC#CCCCCCCCC(C)(C)C(N)=O. The van der Waals surface area contributed by atoms with Gasteiger partial charge in [-0.3, -0.25) is 4.79 Å². The zero-order valence-electron chi connectivity index (χ0n) is 19.7. The van der Waals surface area contributed by atoms with Crippen LogP contribution in [0.2, 0.25) is 0 Å². The predicted octanol–water partition coefficient (Wildman–Crippen LogP) is 7.55. The van der Waals surface area contributed by atoms with E-state index in [1.54, 1.807) is 0 Å². The van der Waals surface area contributed by atoms with E-state index in [9.17, 15) is 4.79 Å². The number of carbonyl (C=O) groups excluding carboxylic acids is 1. The minimum atomic E-state index is -0.363. The summed E-state index contributed by atoms with van der Waals surface area (Å²) in [6.45, 7) is 6.14. The van der Waals surface area contributed by atoms with E-state index in [-0.39, 0.29) is 11.3 Å². The second-order valence-corrected chi connectivity index (χ2v) is 9.05. The van der Waals surface area contributed by atoms with Gasteiger partial charge in [0.15, 0.2) is 0 Å². The van der Waals surface area contributed by atoms with E-state index >= 15 is 0 Å². The molecule has 0 saturated carbocycles. The Labute approximate surface area is 182 Å². The van der Waals surface area contributed by atoms with E-state index in [0.717, 1.165) is 32.1 Å².